The standard InChI is InChI=1S/C19H19N5O7S/c1-29-13-5-3-2-4-11(13)6-7-12-15-18(22-9-21-12)24(10-23-15)19-17(26)16(25)14(31-19)8-30-32(20,27)28/h2-5,9-10,14,16-17,19,25-26H,8H2,1H3,(H2,20,27,28)/t14-,16-,17-,19-/m1/s1. The first-order valence-corrected chi connectivity index (χ1v) is 10.8. The molecule has 0 aliphatic carbocycles. The van der Waals surface area contributed by atoms with Gasteiger partial charge in [0.1, 0.15) is 41.6 Å². The summed E-state index contributed by atoms with van der Waals surface area (Å²) in [6.07, 6.45) is -2.43. The predicted octanol–water partition coefficient (Wildman–Crippen LogP) is -0.926. The molecule has 1 aliphatic rings. The molecule has 4 atom stereocenters. The van der Waals surface area contributed by atoms with E-state index in [0.29, 0.717) is 28.2 Å². The zero-order valence-electron chi connectivity index (χ0n) is 16.7. The second kappa shape index (κ2) is 8.79. The number of hydrogen-bond donors (Lipinski definition) is 3. The Hall–Kier alpha value is -3.12. The predicted molar refractivity (Wildman–Crippen MR) is 109 cm³/mol. The number of aliphatic hydroxyl groups excluding tert-OH is 2. The van der Waals surface area contributed by atoms with Gasteiger partial charge in [0.25, 0.3) is 0 Å². The Kier molecular flexibility index (Phi) is 6.07. The van der Waals surface area contributed by atoms with Crippen LogP contribution in [0.5, 0.6) is 5.75 Å². The molecule has 12 nitrogen and oxygen atoms in total. The molecule has 0 bridgehead atoms. The second-order valence-corrected chi connectivity index (χ2v) is 8.04. The molecule has 1 fully saturated rings. The first-order valence-electron chi connectivity index (χ1n) is 9.30. The number of fused-ring (bicyclic) bond motifs is 1. The van der Waals surface area contributed by atoms with Crippen molar-refractivity contribution in [3.8, 4) is 17.6 Å². The smallest absolute Gasteiger partial charge is 0.333 e. The van der Waals surface area contributed by atoms with Crippen LogP contribution in [0.15, 0.2) is 36.9 Å². The van der Waals surface area contributed by atoms with Gasteiger partial charge in [0.15, 0.2) is 11.9 Å². The highest BCUT2D eigenvalue weighted by Gasteiger charge is 2.44. The van der Waals surface area contributed by atoms with Crippen LogP contribution < -0.4 is 9.88 Å². The van der Waals surface area contributed by atoms with Crippen LogP contribution in [-0.4, -0.2) is 70.2 Å². The van der Waals surface area contributed by atoms with Crippen molar-refractivity contribution in [1.82, 2.24) is 19.5 Å². The van der Waals surface area contributed by atoms with E-state index in [9.17, 15) is 18.6 Å². The molecule has 168 valence electrons. The SMILES string of the molecule is COc1ccccc1C#Cc1ncnc2c1ncn2[C@@H]1O[C@H](COS(N)(=O)=O)[C@@H](O)[C@H]1O. The minimum absolute atomic E-state index is 0.300. The molecule has 3 heterocycles. The third-order valence-electron chi connectivity index (χ3n) is 4.79. The lowest BCUT2D eigenvalue weighted by Gasteiger charge is -2.16. The van der Waals surface area contributed by atoms with Crippen LogP contribution in [0.2, 0.25) is 0 Å². The number of hydrogen-bond acceptors (Lipinski definition) is 10. The van der Waals surface area contributed by atoms with E-state index < -0.39 is 41.5 Å². The third-order valence-corrected chi connectivity index (χ3v) is 5.25. The minimum atomic E-state index is -4.24. The number of aliphatic hydroxyl groups is 2. The zero-order valence-corrected chi connectivity index (χ0v) is 17.5. The highest BCUT2D eigenvalue weighted by atomic mass is 32.2. The van der Waals surface area contributed by atoms with Crippen molar-refractivity contribution in [2.24, 2.45) is 5.14 Å². The van der Waals surface area contributed by atoms with Crippen LogP contribution >= 0.6 is 0 Å². The van der Waals surface area contributed by atoms with E-state index in [4.69, 9.17) is 14.6 Å². The number of methoxy groups -OCH3 is 1. The number of aromatic nitrogens is 4. The van der Waals surface area contributed by atoms with Crippen LogP contribution in [0, 0.1) is 11.8 Å². The summed E-state index contributed by atoms with van der Waals surface area (Å²) in [5.41, 5.74) is 1.65. The van der Waals surface area contributed by atoms with E-state index >= 15 is 0 Å². The Morgan fingerprint density at radius 1 is 1.19 bits per heavy atom. The van der Waals surface area contributed by atoms with Crippen LogP contribution in [0.3, 0.4) is 0 Å². The molecule has 2 aromatic heterocycles. The largest absolute Gasteiger partial charge is 0.495 e. The molecule has 1 aromatic carbocycles. The number of ether oxygens (including phenoxy) is 2. The van der Waals surface area contributed by atoms with Crippen LogP contribution in [0.1, 0.15) is 17.5 Å². The van der Waals surface area contributed by atoms with Gasteiger partial charge in [0.05, 0.1) is 25.6 Å². The molecule has 0 radical (unpaired) electrons. The molecule has 1 aliphatic heterocycles. The Morgan fingerprint density at radius 2 is 1.97 bits per heavy atom. The second-order valence-electron chi connectivity index (χ2n) is 6.82. The first-order chi connectivity index (χ1) is 15.3. The average Bonchev–Trinajstić information content (AvgIpc) is 3.32. The summed E-state index contributed by atoms with van der Waals surface area (Å²) in [5, 5.41) is 25.4. The summed E-state index contributed by atoms with van der Waals surface area (Å²) in [4.78, 5) is 12.6. The van der Waals surface area contributed by atoms with Gasteiger partial charge in [-0.05, 0) is 18.1 Å². The van der Waals surface area contributed by atoms with Gasteiger partial charge < -0.3 is 19.7 Å². The van der Waals surface area contributed by atoms with Gasteiger partial charge in [-0.1, -0.05) is 18.1 Å². The van der Waals surface area contributed by atoms with Crippen LogP contribution in [0.4, 0.5) is 0 Å². The normalized spacial score (nSPS) is 23.1. The fourth-order valence-electron chi connectivity index (χ4n) is 3.26. The van der Waals surface area contributed by atoms with Crippen molar-refractivity contribution >= 4 is 21.5 Å². The van der Waals surface area contributed by atoms with Crippen molar-refractivity contribution in [2.75, 3.05) is 13.7 Å². The van der Waals surface area contributed by atoms with Gasteiger partial charge in [-0.2, -0.15) is 8.42 Å². The summed E-state index contributed by atoms with van der Waals surface area (Å²) < 4.78 is 38.8. The fraction of sp³-hybridized carbons (Fsp3) is 0.316. The molecule has 0 unspecified atom stereocenters. The van der Waals surface area contributed by atoms with Gasteiger partial charge in [-0.3, -0.25) is 8.75 Å². The van der Waals surface area contributed by atoms with Crippen molar-refractivity contribution < 1.29 is 32.3 Å². The van der Waals surface area contributed by atoms with Gasteiger partial charge in [0.2, 0.25) is 0 Å². The summed E-state index contributed by atoms with van der Waals surface area (Å²) in [5.74, 6) is 6.53. The number of benzene rings is 1. The maximum Gasteiger partial charge on any atom is 0.333 e. The molecule has 4 rings (SSSR count). The summed E-state index contributed by atoms with van der Waals surface area (Å²) in [6.45, 7) is -0.565. The molecule has 3 aromatic rings. The first kappa shape index (κ1) is 22.1. The number of para-hydroxylation sites is 1. The van der Waals surface area contributed by atoms with E-state index in [1.807, 2.05) is 12.1 Å². The summed E-state index contributed by atoms with van der Waals surface area (Å²) >= 11 is 0. The van der Waals surface area contributed by atoms with Crippen LogP contribution in [-0.2, 0) is 19.2 Å². The summed E-state index contributed by atoms with van der Waals surface area (Å²) in [6, 6.07) is 7.25. The monoisotopic (exact) mass is 461 g/mol. The Labute approximate surface area is 182 Å². The molecule has 4 N–H and O–H groups in total. The lowest BCUT2D eigenvalue weighted by molar-refractivity contribution is -0.0467. The van der Waals surface area contributed by atoms with E-state index in [1.165, 1.54) is 17.2 Å². The van der Waals surface area contributed by atoms with Gasteiger partial charge in [0, 0.05) is 0 Å². The Morgan fingerprint density at radius 3 is 2.72 bits per heavy atom. The lowest BCUT2D eigenvalue weighted by atomic mass is 10.1. The fourth-order valence-corrected chi connectivity index (χ4v) is 3.59. The van der Waals surface area contributed by atoms with Crippen molar-refractivity contribution in [1.29, 1.82) is 0 Å². The number of nitrogens with zero attached hydrogens (tertiary/aromatic N) is 4. The molecule has 13 heteroatoms. The highest BCUT2D eigenvalue weighted by Crippen LogP contribution is 2.32. The number of rotatable bonds is 5. The molecule has 32 heavy (non-hydrogen) atoms. The Balaban J connectivity index is 1.63. The van der Waals surface area contributed by atoms with Crippen LogP contribution in [0.25, 0.3) is 11.2 Å². The Bertz CT molecular complexity index is 1300. The van der Waals surface area contributed by atoms with Crippen molar-refractivity contribution in [3.05, 3.63) is 48.2 Å². The third kappa shape index (κ3) is 4.41. The maximum absolute atomic E-state index is 11.0. The molecule has 1 saturated heterocycles. The van der Waals surface area contributed by atoms with Gasteiger partial charge in [-0.15, -0.1) is 0 Å². The molecular formula is C19H19N5O7S. The van der Waals surface area contributed by atoms with E-state index in [2.05, 4.69) is 31.0 Å². The minimum Gasteiger partial charge on any atom is -0.495 e. The van der Waals surface area contributed by atoms with Crippen molar-refractivity contribution in [2.45, 2.75) is 24.5 Å². The molecular weight excluding hydrogens is 442 g/mol. The van der Waals surface area contributed by atoms with E-state index in [1.54, 1.807) is 19.2 Å². The van der Waals surface area contributed by atoms with Gasteiger partial charge >= 0.3 is 10.3 Å². The van der Waals surface area contributed by atoms with E-state index in [0.717, 1.165) is 0 Å². The number of imidazole rings is 1. The summed E-state index contributed by atoms with van der Waals surface area (Å²) in [7, 11) is -2.69. The highest BCUT2D eigenvalue weighted by molar-refractivity contribution is 7.84. The van der Waals surface area contributed by atoms with Crippen molar-refractivity contribution in [3.63, 3.8) is 0 Å². The van der Waals surface area contributed by atoms with Gasteiger partial charge in [-0.25, -0.2) is 20.1 Å². The maximum atomic E-state index is 11.0. The number of nitrogens with two attached hydrogens (primary N) is 1. The lowest BCUT2D eigenvalue weighted by Crippen LogP contribution is -2.35. The molecule has 0 saturated carbocycles. The topological polar surface area (TPSA) is 172 Å². The zero-order chi connectivity index (χ0) is 22.9. The average molecular weight is 461 g/mol. The molecule has 0 amide bonds. The quantitative estimate of drug-likeness (QED) is 0.403. The van der Waals surface area contributed by atoms with E-state index in [-0.39, 0.29) is 0 Å². The molecule has 0 spiro atoms.